The van der Waals surface area contributed by atoms with Crippen LogP contribution >= 0.6 is 20.3 Å². The first-order chi connectivity index (χ1) is 13.3. The maximum absolute atomic E-state index is 2.31. The van der Waals surface area contributed by atoms with Crippen molar-refractivity contribution in [2.75, 3.05) is 18.5 Å². The minimum Gasteiger partial charge on any atom is -0.147 e. The Bertz CT molecular complexity index is 201. The smallest absolute Gasteiger partial charge is 0.0326 e. The van der Waals surface area contributed by atoms with Crippen LogP contribution in [0.25, 0.3) is 0 Å². The highest BCUT2D eigenvalue weighted by Crippen LogP contribution is 2.38. The summed E-state index contributed by atoms with van der Waals surface area (Å²) in [6.07, 6.45) is 30.6. The molecule has 0 amide bonds. The summed E-state index contributed by atoms with van der Waals surface area (Å²) in [6, 6.07) is 0. The van der Waals surface area contributed by atoms with Gasteiger partial charge in [0.05, 0.1) is 0 Å². The van der Waals surface area contributed by atoms with Crippen LogP contribution in [0, 0.1) is 0 Å². The lowest BCUT2D eigenvalue weighted by molar-refractivity contribution is 0.548. The Morgan fingerprint density at radius 2 is 0.536 bits per heavy atom. The minimum atomic E-state index is 0. The number of hydrogen-bond acceptors (Lipinski definition) is 0. The molecule has 0 aliphatic heterocycles. The van der Waals surface area contributed by atoms with E-state index in [9.17, 15) is 0 Å². The van der Waals surface area contributed by atoms with Crippen LogP contribution in [-0.4, -0.2) is 18.5 Å². The molecule has 0 atom stereocenters. The Hall–Kier alpha value is 0.720. The van der Waals surface area contributed by atoms with Gasteiger partial charge in [-0.25, -0.2) is 0 Å². The van der Waals surface area contributed by atoms with E-state index in [4.69, 9.17) is 0 Å². The highest BCUT2D eigenvalue weighted by molar-refractivity contribution is 7.57. The van der Waals surface area contributed by atoms with Gasteiger partial charge in [0, 0.05) is 0 Å². The lowest BCUT2D eigenvalue weighted by atomic mass is 10.1. The molecule has 0 aromatic rings. The molecule has 0 bridgehead atoms. The van der Waals surface area contributed by atoms with Crippen LogP contribution in [0.15, 0.2) is 0 Å². The summed E-state index contributed by atoms with van der Waals surface area (Å²) in [5.74, 6) is 0. The molecule has 0 saturated carbocycles. The number of hydrogen-bond donors (Lipinski definition) is 0. The van der Waals surface area contributed by atoms with E-state index < -0.39 is 0 Å². The van der Waals surface area contributed by atoms with Crippen molar-refractivity contribution in [3.05, 3.63) is 0 Å². The third-order valence-corrected chi connectivity index (χ3v) is 8.29. The molecule has 0 saturated heterocycles. The van der Waals surface area contributed by atoms with Gasteiger partial charge in [0.15, 0.2) is 0 Å². The first-order valence-corrected chi connectivity index (χ1v) is 14.9. The third kappa shape index (κ3) is 31.4. The molecule has 0 aromatic heterocycles. The van der Waals surface area contributed by atoms with Crippen molar-refractivity contribution >= 4 is 20.3 Å². The lowest BCUT2D eigenvalue weighted by Gasteiger charge is -2.16. The quantitative estimate of drug-likeness (QED) is 0.131. The molecule has 0 aliphatic carbocycles. The van der Waals surface area contributed by atoms with Crippen LogP contribution in [0.1, 0.15) is 150 Å². The highest BCUT2D eigenvalue weighted by atomic mass is 35.5. The summed E-state index contributed by atoms with van der Waals surface area (Å²) < 4.78 is 0. The van der Waals surface area contributed by atoms with E-state index >= 15 is 0 Å². The molecular formula is C26H58ClP. The highest BCUT2D eigenvalue weighted by Gasteiger charge is 2.05. The average Bonchev–Trinajstić information content (AvgIpc) is 2.69. The molecule has 174 valence electrons. The Balaban J connectivity index is -0.000000432. The van der Waals surface area contributed by atoms with Crippen molar-refractivity contribution in [3.63, 3.8) is 0 Å². The molecular weight excluding hydrogens is 379 g/mol. The Kier molecular flexibility index (Phi) is 38.6. The predicted octanol–water partition coefficient (Wildman–Crippen LogP) is 11.0. The van der Waals surface area contributed by atoms with Gasteiger partial charge in [-0.05, 0) is 37.7 Å². The van der Waals surface area contributed by atoms with Gasteiger partial charge in [-0.15, -0.1) is 20.3 Å². The fraction of sp³-hybridized carbons (Fsp3) is 1.00. The number of halogens is 1. The van der Waals surface area contributed by atoms with E-state index in [0.29, 0.717) is 7.92 Å². The first-order valence-electron chi connectivity index (χ1n) is 13.0. The van der Waals surface area contributed by atoms with Gasteiger partial charge in [0.1, 0.15) is 0 Å². The average molecular weight is 437 g/mol. The normalized spacial score (nSPS) is 10.5. The summed E-state index contributed by atoms with van der Waals surface area (Å²) in [7, 11) is 0.422. The van der Waals surface area contributed by atoms with Gasteiger partial charge in [-0.2, -0.15) is 0 Å². The van der Waals surface area contributed by atoms with Crippen molar-refractivity contribution in [1.29, 1.82) is 0 Å². The van der Waals surface area contributed by atoms with Crippen molar-refractivity contribution in [2.45, 2.75) is 150 Å². The van der Waals surface area contributed by atoms with E-state index in [2.05, 4.69) is 34.6 Å². The fourth-order valence-corrected chi connectivity index (χ4v) is 6.36. The fourth-order valence-electron chi connectivity index (χ4n) is 3.39. The Morgan fingerprint density at radius 3 is 0.750 bits per heavy atom. The molecule has 0 heterocycles. The molecule has 0 fully saturated rings. The second-order valence-electron chi connectivity index (χ2n) is 8.44. The van der Waals surface area contributed by atoms with Crippen molar-refractivity contribution in [1.82, 2.24) is 0 Å². The van der Waals surface area contributed by atoms with Crippen LogP contribution in [0.4, 0.5) is 0 Å². The minimum absolute atomic E-state index is 0. The van der Waals surface area contributed by atoms with Crippen LogP contribution in [0.2, 0.25) is 0 Å². The van der Waals surface area contributed by atoms with E-state index in [1.54, 1.807) is 18.5 Å². The second kappa shape index (κ2) is 32.4. The molecule has 0 N–H and O–H groups in total. The number of unbranched alkanes of at least 4 members (excludes halogenated alkanes) is 14. The molecule has 0 aromatic carbocycles. The predicted molar refractivity (Wildman–Crippen MR) is 140 cm³/mol. The Morgan fingerprint density at radius 1 is 0.321 bits per heavy atom. The zero-order valence-corrected chi connectivity index (χ0v) is 22.4. The summed E-state index contributed by atoms with van der Waals surface area (Å²) >= 11 is 0. The summed E-state index contributed by atoms with van der Waals surface area (Å²) in [5, 5.41) is 0. The third-order valence-electron chi connectivity index (χ3n) is 5.44. The van der Waals surface area contributed by atoms with Gasteiger partial charge < -0.3 is 0 Å². The van der Waals surface area contributed by atoms with Crippen molar-refractivity contribution < 1.29 is 0 Å². The molecule has 0 spiro atoms. The molecule has 0 rings (SSSR count). The van der Waals surface area contributed by atoms with E-state index in [1.165, 1.54) is 116 Å². The topological polar surface area (TPSA) is 0 Å². The van der Waals surface area contributed by atoms with Gasteiger partial charge in [0.25, 0.3) is 0 Å². The van der Waals surface area contributed by atoms with Gasteiger partial charge in [-0.1, -0.05) is 131 Å². The van der Waals surface area contributed by atoms with Gasteiger partial charge in [0.2, 0.25) is 0 Å². The zero-order chi connectivity index (χ0) is 20.4. The maximum Gasteiger partial charge on any atom is -0.0326 e. The SMILES string of the molecule is CCCCCCCCCCCCCC.CCCCP(CCCC)CCCC.Cl. The lowest BCUT2D eigenvalue weighted by Crippen LogP contribution is -1.95. The second-order valence-corrected chi connectivity index (χ2v) is 11.1. The Labute approximate surface area is 189 Å². The molecule has 28 heavy (non-hydrogen) atoms. The summed E-state index contributed by atoms with van der Waals surface area (Å²) in [4.78, 5) is 0. The standard InChI is InChI=1S/C14H30.C12H27P.ClH/c1-3-5-7-9-11-13-14-12-10-8-6-4-2;1-4-7-10-13(11-8-5-2)12-9-6-3;/h3-14H2,1-2H3;4-12H2,1-3H3;1H. The molecule has 0 nitrogen and oxygen atoms in total. The van der Waals surface area contributed by atoms with Crippen molar-refractivity contribution in [3.8, 4) is 0 Å². The van der Waals surface area contributed by atoms with E-state index in [0.717, 1.165) is 0 Å². The van der Waals surface area contributed by atoms with Gasteiger partial charge >= 0.3 is 0 Å². The largest absolute Gasteiger partial charge is 0.147 e. The molecule has 0 unspecified atom stereocenters. The molecule has 2 heteroatoms. The van der Waals surface area contributed by atoms with Crippen LogP contribution in [0.3, 0.4) is 0 Å². The zero-order valence-electron chi connectivity index (χ0n) is 20.7. The van der Waals surface area contributed by atoms with Crippen LogP contribution in [0.5, 0.6) is 0 Å². The van der Waals surface area contributed by atoms with E-state index in [1.807, 2.05) is 0 Å². The van der Waals surface area contributed by atoms with Crippen LogP contribution in [-0.2, 0) is 0 Å². The van der Waals surface area contributed by atoms with Crippen LogP contribution < -0.4 is 0 Å². The van der Waals surface area contributed by atoms with Crippen molar-refractivity contribution in [2.24, 2.45) is 0 Å². The molecule has 0 radical (unpaired) electrons. The van der Waals surface area contributed by atoms with Gasteiger partial charge in [-0.3, -0.25) is 0 Å². The number of rotatable bonds is 20. The summed E-state index contributed by atoms with van der Waals surface area (Å²) in [5.41, 5.74) is 0. The monoisotopic (exact) mass is 436 g/mol. The summed E-state index contributed by atoms with van der Waals surface area (Å²) in [6.45, 7) is 11.5. The van der Waals surface area contributed by atoms with E-state index in [-0.39, 0.29) is 12.4 Å². The first kappa shape index (κ1) is 33.4. The maximum atomic E-state index is 2.31. The molecule has 0 aliphatic rings.